The number of fused-ring (bicyclic) bond motifs is 1. The van der Waals surface area contributed by atoms with Crippen molar-refractivity contribution in [2.75, 3.05) is 0 Å². The number of benzene rings is 1. The fourth-order valence-corrected chi connectivity index (χ4v) is 3.46. The van der Waals surface area contributed by atoms with Crippen LogP contribution in [0.3, 0.4) is 0 Å². The first-order valence-corrected chi connectivity index (χ1v) is 7.96. The third-order valence-corrected chi connectivity index (χ3v) is 4.73. The summed E-state index contributed by atoms with van der Waals surface area (Å²) >= 11 is 0. The molecule has 0 atom stereocenters. The molecule has 1 saturated carbocycles. The maximum atomic E-state index is 12.8. The van der Waals surface area contributed by atoms with Crippen LogP contribution in [0.25, 0.3) is 10.9 Å². The molecule has 4 rings (SSSR count). The highest BCUT2D eigenvalue weighted by Crippen LogP contribution is 2.51. The Morgan fingerprint density at radius 2 is 2.09 bits per heavy atom. The van der Waals surface area contributed by atoms with Gasteiger partial charge in [0.2, 0.25) is 5.91 Å². The van der Waals surface area contributed by atoms with Gasteiger partial charge in [-0.15, -0.1) is 0 Å². The Morgan fingerprint density at radius 1 is 1.26 bits per heavy atom. The zero-order chi connectivity index (χ0) is 15.9. The van der Waals surface area contributed by atoms with Gasteiger partial charge in [-0.25, -0.2) is 0 Å². The number of hydrogen-bond acceptors (Lipinski definition) is 2. The second kappa shape index (κ2) is 5.23. The first kappa shape index (κ1) is 14.0. The van der Waals surface area contributed by atoms with Crippen molar-refractivity contribution in [3.05, 3.63) is 65.6 Å². The van der Waals surface area contributed by atoms with E-state index in [1.165, 1.54) is 5.39 Å². The number of carbonyl (C=O) groups excluding carboxylic acids is 1. The molecule has 4 nitrogen and oxygen atoms in total. The molecule has 3 aromatic rings. The zero-order valence-electron chi connectivity index (χ0n) is 13.1. The van der Waals surface area contributed by atoms with Crippen molar-refractivity contribution in [2.24, 2.45) is 0 Å². The largest absolute Gasteiger partial charge is 0.358 e. The van der Waals surface area contributed by atoms with E-state index in [9.17, 15) is 4.79 Å². The number of H-pyrrole nitrogens is 1. The first-order valence-electron chi connectivity index (χ1n) is 7.96. The van der Waals surface area contributed by atoms with Gasteiger partial charge in [0.25, 0.3) is 0 Å². The highest BCUT2D eigenvalue weighted by Gasteiger charge is 2.53. The molecular formula is C19H19N3O. The minimum atomic E-state index is -0.369. The fourth-order valence-electron chi connectivity index (χ4n) is 3.46. The van der Waals surface area contributed by atoms with Crippen LogP contribution in [0.2, 0.25) is 0 Å². The van der Waals surface area contributed by atoms with Crippen LogP contribution >= 0.6 is 0 Å². The number of pyridine rings is 1. The molecule has 2 aromatic heterocycles. The second-order valence-electron chi connectivity index (χ2n) is 6.30. The van der Waals surface area contributed by atoms with E-state index in [0.717, 1.165) is 35.2 Å². The summed E-state index contributed by atoms with van der Waals surface area (Å²) in [6.07, 6.45) is 5.35. The number of nitrogens with zero attached hydrogens (tertiary/aromatic N) is 1. The predicted molar refractivity (Wildman–Crippen MR) is 90.0 cm³/mol. The van der Waals surface area contributed by atoms with Crippen LogP contribution in [0.5, 0.6) is 0 Å². The summed E-state index contributed by atoms with van der Waals surface area (Å²) < 4.78 is 0. The molecule has 0 bridgehead atoms. The standard InChI is InChI=1S/C19H19N3O/c1-13-17(15-6-2-3-7-16(15)22-13)19(8-9-19)18(23)21-12-14-5-4-10-20-11-14/h2-7,10-11,22H,8-9,12H2,1H3,(H,21,23). The molecule has 116 valence electrons. The van der Waals surface area contributed by atoms with Gasteiger partial charge in [-0.05, 0) is 43.0 Å². The van der Waals surface area contributed by atoms with Gasteiger partial charge in [-0.3, -0.25) is 9.78 Å². The lowest BCUT2D eigenvalue weighted by molar-refractivity contribution is -0.123. The SMILES string of the molecule is Cc1[nH]c2ccccc2c1C1(C(=O)NCc2cccnc2)CC1. The average Bonchev–Trinajstić information content (AvgIpc) is 3.30. The summed E-state index contributed by atoms with van der Waals surface area (Å²) in [5, 5.41) is 4.25. The molecular weight excluding hydrogens is 286 g/mol. The molecule has 1 aromatic carbocycles. The summed E-state index contributed by atoms with van der Waals surface area (Å²) in [4.78, 5) is 20.4. The van der Waals surface area contributed by atoms with Gasteiger partial charge in [0.1, 0.15) is 0 Å². The lowest BCUT2D eigenvalue weighted by atomic mass is 9.92. The number of para-hydroxylation sites is 1. The number of amides is 1. The van der Waals surface area contributed by atoms with Crippen molar-refractivity contribution in [1.29, 1.82) is 0 Å². The van der Waals surface area contributed by atoms with Gasteiger partial charge in [0.15, 0.2) is 0 Å². The van der Waals surface area contributed by atoms with Crippen LogP contribution < -0.4 is 5.32 Å². The van der Waals surface area contributed by atoms with Crippen LogP contribution in [0.15, 0.2) is 48.8 Å². The number of hydrogen-bond donors (Lipinski definition) is 2. The molecule has 1 aliphatic rings. The van der Waals surface area contributed by atoms with E-state index in [1.54, 1.807) is 12.4 Å². The van der Waals surface area contributed by atoms with Gasteiger partial charge in [-0.1, -0.05) is 24.3 Å². The first-order chi connectivity index (χ1) is 11.2. The van der Waals surface area contributed by atoms with Crippen molar-refractivity contribution in [1.82, 2.24) is 15.3 Å². The summed E-state index contributed by atoms with van der Waals surface area (Å²) in [5.74, 6) is 0.120. The highest BCUT2D eigenvalue weighted by atomic mass is 16.2. The summed E-state index contributed by atoms with van der Waals surface area (Å²) in [5.41, 5.74) is 4.02. The molecule has 0 spiro atoms. The monoisotopic (exact) mass is 305 g/mol. The summed E-state index contributed by atoms with van der Waals surface area (Å²) in [6.45, 7) is 2.58. The van der Waals surface area contributed by atoms with E-state index < -0.39 is 0 Å². The number of aromatic amines is 1. The van der Waals surface area contributed by atoms with Crippen LogP contribution in [-0.2, 0) is 16.8 Å². The number of nitrogens with one attached hydrogen (secondary N) is 2. The fraction of sp³-hybridized carbons (Fsp3) is 0.263. The van der Waals surface area contributed by atoms with E-state index in [-0.39, 0.29) is 11.3 Å². The van der Waals surface area contributed by atoms with Gasteiger partial charge in [-0.2, -0.15) is 0 Å². The smallest absolute Gasteiger partial charge is 0.231 e. The van der Waals surface area contributed by atoms with Gasteiger partial charge in [0, 0.05) is 35.5 Å². The normalized spacial score (nSPS) is 15.5. The lowest BCUT2D eigenvalue weighted by Crippen LogP contribution is -2.34. The molecule has 1 amide bonds. The molecule has 0 radical (unpaired) electrons. The van der Waals surface area contributed by atoms with Crippen molar-refractivity contribution in [3.63, 3.8) is 0 Å². The third-order valence-electron chi connectivity index (χ3n) is 4.73. The maximum Gasteiger partial charge on any atom is 0.231 e. The van der Waals surface area contributed by atoms with Gasteiger partial charge >= 0.3 is 0 Å². The Balaban J connectivity index is 1.62. The number of carbonyl (C=O) groups is 1. The van der Waals surface area contributed by atoms with Crippen molar-refractivity contribution >= 4 is 16.8 Å². The highest BCUT2D eigenvalue weighted by molar-refractivity contribution is 5.98. The topological polar surface area (TPSA) is 57.8 Å². The van der Waals surface area contributed by atoms with Gasteiger partial charge < -0.3 is 10.3 Å². The molecule has 2 N–H and O–H groups in total. The molecule has 4 heteroatoms. The van der Waals surface area contributed by atoms with E-state index >= 15 is 0 Å². The van der Waals surface area contributed by atoms with Crippen LogP contribution in [0, 0.1) is 6.92 Å². The molecule has 0 aliphatic heterocycles. The van der Waals surface area contributed by atoms with E-state index in [1.807, 2.05) is 24.3 Å². The Kier molecular flexibility index (Phi) is 3.18. The zero-order valence-corrected chi connectivity index (χ0v) is 13.1. The molecule has 0 saturated heterocycles. The molecule has 1 fully saturated rings. The predicted octanol–water partition coefficient (Wildman–Crippen LogP) is 3.22. The average molecular weight is 305 g/mol. The minimum Gasteiger partial charge on any atom is -0.358 e. The van der Waals surface area contributed by atoms with Crippen LogP contribution in [0.1, 0.15) is 29.7 Å². The van der Waals surface area contributed by atoms with E-state index in [0.29, 0.717) is 6.54 Å². The Hall–Kier alpha value is -2.62. The number of rotatable bonds is 4. The van der Waals surface area contributed by atoms with Crippen LogP contribution in [0.4, 0.5) is 0 Å². The lowest BCUT2D eigenvalue weighted by Gasteiger charge is -2.16. The van der Waals surface area contributed by atoms with E-state index in [2.05, 4.69) is 34.3 Å². The summed E-state index contributed by atoms with van der Waals surface area (Å²) in [6, 6.07) is 12.1. The van der Waals surface area contributed by atoms with Crippen molar-refractivity contribution in [2.45, 2.75) is 31.7 Å². The Labute approximate surface area is 134 Å². The number of aryl methyl sites for hydroxylation is 1. The van der Waals surface area contributed by atoms with E-state index in [4.69, 9.17) is 0 Å². The van der Waals surface area contributed by atoms with Gasteiger partial charge in [0.05, 0.1) is 5.41 Å². The Bertz CT molecular complexity index is 863. The Morgan fingerprint density at radius 3 is 2.83 bits per heavy atom. The molecule has 2 heterocycles. The quantitative estimate of drug-likeness (QED) is 0.777. The summed E-state index contributed by atoms with van der Waals surface area (Å²) in [7, 11) is 0. The number of aromatic nitrogens is 2. The third kappa shape index (κ3) is 2.31. The minimum absolute atomic E-state index is 0.120. The second-order valence-corrected chi connectivity index (χ2v) is 6.30. The van der Waals surface area contributed by atoms with Crippen molar-refractivity contribution < 1.29 is 4.79 Å². The molecule has 23 heavy (non-hydrogen) atoms. The molecule has 0 unspecified atom stereocenters. The maximum absolute atomic E-state index is 12.8. The molecule has 1 aliphatic carbocycles. The van der Waals surface area contributed by atoms with Crippen molar-refractivity contribution in [3.8, 4) is 0 Å². The van der Waals surface area contributed by atoms with Crippen LogP contribution in [-0.4, -0.2) is 15.9 Å².